The van der Waals surface area contributed by atoms with Crippen molar-refractivity contribution >= 4 is 5.91 Å². The highest BCUT2D eigenvalue weighted by molar-refractivity contribution is 5.81. The number of amides is 1. The quantitative estimate of drug-likeness (QED) is 0.866. The van der Waals surface area contributed by atoms with Crippen molar-refractivity contribution in [3.05, 3.63) is 35.9 Å². The number of hydrogen-bond acceptors (Lipinski definition) is 2. The van der Waals surface area contributed by atoms with Gasteiger partial charge in [0.15, 0.2) is 0 Å². The first-order valence-corrected chi connectivity index (χ1v) is 7.71. The summed E-state index contributed by atoms with van der Waals surface area (Å²) in [5.41, 5.74) is 7.29. The van der Waals surface area contributed by atoms with E-state index < -0.39 is 0 Å². The Kier molecular flexibility index (Phi) is 5.60. The van der Waals surface area contributed by atoms with Gasteiger partial charge < -0.3 is 10.6 Å². The molecule has 2 N–H and O–H groups in total. The normalized spacial score (nSPS) is 17.1. The van der Waals surface area contributed by atoms with Gasteiger partial charge in [-0.15, -0.1) is 0 Å². The largest absolute Gasteiger partial charge is 0.344 e. The predicted molar refractivity (Wildman–Crippen MR) is 82.3 cm³/mol. The van der Waals surface area contributed by atoms with Crippen molar-refractivity contribution in [2.24, 2.45) is 11.7 Å². The van der Waals surface area contributed by atoms with Crippen molar-refractivity contribution in [1.82, 2.24) is 4.90 Å². The van der Waals surface area contributed by atoms with E-state index in [2.05, 4.69) is 12.1 Å². The van der Waals surface area contributed by atoms with E-state index in [9.17, 15) is 4.79 Å². The van der Waals surface area contributed by atoms with Crippen molar-refractivity contribution in [3.8, 4) is 0 Å². The third-order valence-corrected chi connectivity index (χ3v) is 4.29. The molecule has 2 rings (SSSR count). The van der Waals surface area contributed by atoms with E-state index in [1.807, 2.05) is 30.1 Å². The Labute approximate surface area is 122 Å². The highest BCUT2D eigenvalue weighted by atomic mass is 16.2. The summed E-state index contributed by atoms with van der Waals surface area (Å²) < 4.78 is 0. The van der Waals surface area contributed by atoms with Crippen LogP contribution in [-0.2, 0) is 11.2 Å². The zero-order chi connectivity index (χ0) is 14.4. The lowest BCUT2D eigenvalue weighted by molar-refractivity contribution is -0.132. The minimum absolute atomic E-state index is 0.0906. The Morgan fingerprint density at radius 2 is 1.95 bits per heavy atom. The minimum atomic E-state index is -0.374. The number of benzene rings is 1. The van der Waals surface area contributed by atoms with Gasteiger partial charge in [-0.2, -0.15) is 0 Å². The standard InChI is InChI=1S/C17H26N2O/c1-19(13-15-9-5-6-10-15)17(20)16(18)12-11-14-7-3-2-4-8-14/h2-4,7-8,15-16H,5-6,9-13,18H2,1H3/t16-/m0/s1. The Morgan fingerprint density at radius 1 is 1.30 bits per heavy atom. The van der Waals surface area contributed by atoms with Gasteiger partial charge in [0.05, 0.1) is 6.04 Å². The lowest BCUT2D eigenvalue weighted by Crippen LogP contribution is -2.43. The molecule has 1 aromatic carbocycles. The van der Waals surface area contributed by atoms with Gasteiger partial charge in [0.25, 0.3) is 0 Å². The van der Waals surface area contributed by atoms with Crippen molar-refractivity contribution in [3.63, 3.8) is 0 Å². The first kappa shape index (κ1) is 15.0. The summed E-state index contributed by atoms with van der Waals surface area (Å²) in [4.78, 5) is 14.1. The van der Waals surface area contributed by atoms with Crippen molar-refractivity contribution in [2.45, 2.75) is 44.6 Å². The molecule has 1 atom stereocenters. The molecule has 1 aliphatic rings. The summed E-state index contributed by atoms with van der Waals surface area (Å²) in [7, 11) is 1.89. The molecule has 0 saturated heterocycles. The zero-order valence-corrected chi connectivity index (χ0v) is 12.4. The van der Waals surface area contributed by atoms with Crippen LogP contribution >= 0.6 is 0 Å². The van der Waals surface area contributed by atoms with Crippen molar-refractivity contribution in [2.75, 3.05) is 13.6 Å². The van der Waals surface area contributed by atoms with Crippen LogP contribution in [0, 0.1) is 5.92 Å². The number of nitrogens with zero attached hydrogens (tertiary/aromatic N) is 1. The van der Waals surface area contributed by atoms with Crippen LogP contribution in [0.3, 0.4) is 0 Å². The molecule has 1 saturated carbocycles. The molecule has 0 radical (unpaired) electrons. The van der Waals surface area contributed by atoms with Crippen LogP contribution in [0.15, 0.2) is 30.3 Å². The topological polar surface area (TPSA) is 46.3 Å². The van der Waals surface area contributed by atoms with Gasteiger partial charge in [0, 0.05) is 13.6 Å². The maximum absolute atomic E-state index is 12.3. The summed E-state index contributed by atoms with van der Waals surface area (Å²) in [5.74, 6) is 0.776. The van der Waals surface area contributed by atoms with Crippen molar-refractivity contribution in [1.29, 1.82) is 0 Å². The number of carbonyl (C=O) groups is 1. The number of rotatable bonds is 6. The molecule has 3 heteroatoms. The fraction of sp³-hybridized carbons (Fsp3) is 0.588. The second kappa shape index (κ2) is 7.44. The highest BCUT2D eigenvalue weighted by Gasteiger charge is 2.22. The fourth-order valence-corrected chi connectivity index (χ4v) is 3.04. The Balaban J connectivity index is 1.75. The van der Waals surface area contributed by atoms with Crippen LogP contribution in [0.5, 0.6) is 0 Å². The van der Waals surface area contributed by atoms with Gasteiger partial charge in [-0.25, -0.2) is 0 Å². The second-order valence-electron chi connectivity index (χ2n) is 6.00. The van der Waals surface area contributed by atoms with E-state index in [0.717, 1.165) is 19.4 Å². The summed E-state index contributed by atoms with van der Waals surface area (Å²) >= 11 is 0. The number of hydrogen-bond donors (Lipinski definition) is 1. The van der Waals surface area contributed by atoms with Gasteiger partial charge in [-0.3, -0.25) is 4.79 Å². The molecule has 0 spiro atoms. The second-order valence-corrected chi connectivity index (χ2v) is 6.00. The van der Waals surface area contributed by atoms with Crippen LogP contribution < -0.4 is 5.73 Å². The minimum Gasteiger partial charge on any atom is -0.344 e. The lowest BCUT2D eigenvalue weighted by atomic mass is 10.0. The summed E-state index contributed by atoms with van der Waals surface area (Å²) in [6.07, 6.45) is 6.73. The summed E-state index contributed by atoms with van der Waals surface area (Å²) in [5, 5.41) is 0. The van der Waals surface area contributed by atoms with E-state index in [1.165, 1.54) is 31.2 Å². The molecule has 0 heterocycles. The van der Waals surface area contributed by atoms with Gasteiger partial charge in [0.1, 0.15) is 0 Å². The number of carbonyl (C=O) groups excluding carboxylic acids is 1. The molecule has 3 nitrogen and oxygen atoms in total. The third-order valence-electron chi connectivity index (χ3n) is 4.29. The molecule has 1 aromatic rings. The molecule has 1 aliphatic carbocycles. The average molecular weight is 274 g/mol. The van der Waals surface area contributed by atoms with Gasteiger partial charge in [-0.1, -0.05) is 43.2 Å². The van der Waals surface area contributed by atoms with Crippen LogP contribution in [0.2, 0.25) is 0 Å². The molecule has 1 fully saturated rings. The Bertz CT molecular complexity index is 412. The van der Waals surface area contributed by atoms with Crippen LogP contribution in [0.25, 0.3) is 0 Å². The molecule has 20 heavy (non-hydrogen) atoms. The van der Waals surface area contributed by atoms with Gasteiger partial charge in [0.2, 0.25) is 5.91 Å². The van der Waals surface area contributed by atoms with Gasteiger partial charge >= 0.3 is 0 Å². The van der Waals surface area contributed by atoms with E-state index >= 15 is 0 Å². The third kappa shape index (κ3) is 4.34. The molecule has 0 bridgehead atoms. The SMILES string of the molecule is CN(CC1CCCC1)C(=O)[C@@H](N)CCc1ccccc1. The van der Waals surface area contributed by atoms with Crippen molar-refractivity contribution < 1.29 is 4.79 Å². The average Bonchev–Trinajstić information content (AvgIpc) is 2.98. The molecule has 0 aliphatic heterocycles. The monoisotopic (exact) mass is 274 g/mol. The number of nitrogens with two attached hydrogens (primary N) is 1. The van der Waals surface area contributed by atoms with Crippen LogP contribution in [0.4, 0.5) is 0 Å². The predicted octanol–water partition coefficient (Wildman–Crippen LogP) is 2.60. The molecular formula is C17H26N2O. The zero-order valence-electron chi connectivity index (χ0n) is 12.4. The maximum atomic E-state index is 12.3. The Hall–Kier alpha value is -1.35. The van der Waals surface area contributed by atoms with Gasteiger partial charge in [-0.05, 0) is 37.2 Å². The molecule has 1 amide bonds. The molecule has 110 valence electrons. The first-order valence-electron chi connectivity index (χ1n) is 7.71. The lowest BCUT2D eigenvalue weighted by Gasteiger charge is -2.24. The molecule has 0 aromatic heterocycles. The van der Waals surface area contributed by atoms with E-state index in [0.29, 0.717) is 5.92 Å². The fourth-order valence-electron chi connectivity index (χ4n) is 3.04. The Morgan fingerprint density at radius 3 is 2.60 bits per heavy atom. The molecular weight excluding hydrogens is 248 g/mol. The summed E-state index contributed by atoms with van der Waals surface area (Å²) in [6.45, 7) is 0.873. The number of likely N-dealkylation sites (N-methyl/N-ethyl adjacent to an activating group) is 1. The van der Waals surface area contributed by atoms with E-state index in [4.69, 9.17) is 5.73 Å². The maximum Gasteiger partial charge on any atom is 0.239 e. The van der Waals surface area contributed by atoms with Crippen LogP contribution in [-0.4, -0.2) is 30.4 Å². The first-order chi connectivity index (χ1) is 9.66. The number of aryl methyl sites for hydroxylation is 1. The highest BCUT2D eigenvalue weighted by Crippen LogP contribution is 2.25. The van der Waals surface area contributed by atoms with E-state index in [1.54, 1.807) is 0 Å². The summed E-state index contributed by atoms with van der Waals surface area (Å²) in [6, 6.07) is 9.84. The van der Waals surface area contributed by atoms with E-state index in [-0.39, 0.29) is 11.9 Å². The molecule has 0 unspecified atom stereocenters. The smallest absolute Gasteiger partial charge is 0.239 e. The van der Waals surface area contributed by atoms with Crippen LogP contribution in [0.1, 0.15) is 37.7 Å².